The standard InChI is InChI=1S/C23H23N5O4/c1-32-17-12-10-16(11-13-17)19-14-18(15-6-3-2-4-7-15)24-23-26-22(27-28(19)23)25-20(29)8-5-9-21(30)31/h2-4,6-7,10-14,19H,5,8-9H2,1H3,(H,30,31)(H2,24,25,26,27,29)/t19-/m0/s1. The van der Waals surface area contributed by atoms with Gasteiger partial charge in [-0.3, -0.25) is 14.9 Å². The van der Waals surface area contributed by atoms with Crippen molar-refractivity contribution in [1.82, 2.24) is 14.8 Å². The van der Waals surface area contributed by atoms with Crippen LogP contribution >= 0.6 is 0 Å². The molecule has 2 heterocycles. The molecule has 0 unspecified atom stereocenters. The molecular formula is C23H23N5O4. The van der Waals surface area contributed by atoms with Crippen LogP contribution in [0, 0.1) is 0 Å². The van der Waals surface area contributed by atoms with Crippen molar-refractivity contribution in [3.63, 3.8) is 0 Å². The van der Waals surface area contributed by atoms with Gasteiger partial charge >= 0.3 is 5.97 Å². The Labute approximate surface area is 184 Å². The highest BCUT2D eigenvalue weighted by molar-refractivity contribution is 5.89. The van der Waals surface area contributed by atoms with Gasteiger partial charge in [-0.2, -0.15) is 4.98 Å². The van der Waals surface area contributed by atoms with Gasteiger partial charge in [-0.05, 0) is 35.8 Å². The number of hydrogen-bond acceptors (Lipinski definition) is 6. The lowest BCUT2D eigenvalue weighted by molar-refractivity contribution is -0.137. The number of rotatable bonds is 8. The van der Waals surface area contributed by atoms with E-state index in [0.717, 1.165) is 22.6 Å². The largest absolute Gasteiger partial charge is 0.497 e. The smallest absolute Gasteiger partial charge is 0.303 e. The average molecular weight is 433 g/mol. The molecule has 1 aliphatic heterocycles. The molecule has 164 valence electrons. The minimum Gasteiger partial charge on any atom is -0.497 e. The molecule has 0 saturated heterocycles. The van der Waals surface area contributed by atoms with Crippen LogP contribution in [0.2, 0.25) is 0 Å². The number of amides is 1. The highest BCUT2D eigenvalue weighted by Crippen LogP contribution is 2.33. The van der Waals surface area contributed by atoms with Gasteiger partial charge in [0, 0.05) is 18.5 Å². The quantitative estimate of drug-likeness (QED) is 0.497. The molecule has 0 aliphatic carbocycles. The van der Waals surface area contributed by atoms with Crippen LogP contribution in [0.4, 0.5) is 11.9 Å². The summed E-state index contributed by atoms with van der Waals surface area (Å²) in [7, 11) is 1.62. The van der Waals surface area contributed by atoms with Crippen molar-refractivity contribution >= 4 is 29.5 Å². The fourth-order valence-corrected chi connectivity index (χ4v) is 3.46. The molecule has 4 rings (SSSR count). The summed E-state index contributed by atoms with van der Waals surface area (Å²) in [5.41, 5.74) is 2.86. The number of carboxylic acids is 1. The fraction of sp³-hybridized carbons (Fsp3) is 0.217. The number of allylic oxidation sites excluding steroid dienone is 1. The van der Waals surface area contributed by atoms with E-state index < -0.39 is 5.97 Å². The molecule has 1 amide bonds. The first-order valence-corrected chi connectivity index (χ1v) is 10.2. The highest BCUT2D eigenvalue weighted by atomic mass is 16.5. The van der Waals surface area contributed by atoms with Crippen molar-refractivity contribution in [2.75, 3.05) is 17.7 Å². The lowest BCUT2D eigenvalue weighted by atomic mass is 10.0. The van der Waals surface area contributed by atoms with Crippen molar-refractivity contribution in [3.05, 3.63) is 71.8 Å². The third kappa shape index (κ3) is 4.77. The second-order valence-electron chi connectivity index (χ2n) is 7.29. The van der Waals surface area contributed by atoms with Crippen LogP contribution in [0.15, 0.2) is 60.7 Å². The summed E-state index contributed by atoms with van der Waals surface area (Å²) >= 11 is 0. The van der Waals surface area contributed by atoms with Crippen molar-refractivity contribution < 1.29 is 19.4 Å². The van der Waals surface area contributed by atoms with Crippen LogP contribution < -0.4 is 15.4 Å². The van der Waals surface area contributed by atoms with E-state index in [1.807, 2.05) is 54.6 Å². The van der Waals surface area contributed by atoms with E-state index in [0.29, 0.717) is 5.95 Å². The number of carboxylic acid groups (broad SMARTS) is 1. The number of carbonyl (C=O) groups is 2. The number of ether oxygens (including phenoxy) is 1. The van der Waals surface area contributed by atoms with E-state index in [2.05, 4.69) is 26.8 Å². The Morgan fingerprint density at radius 1 is 1.12 bits per heavy atom. The summed E-state index contributed by atoms with van der Waals surface area (Å²) < 4.78 is 6.97. The Morgan fingerprint density at radius 2 is 1.88 bits per heavy atom. The molecule has 32 heavy (non-hydrogen) atoms. The molecule has 1 aliphatic rings. The second kappa shape index (κ2) is 9.34. The van der Waals surface area contributed by atoms with Crippen LogP contribution in [0.3, 0.4) is 0 Å². The molecule has 9 heteroatoms. The van der Waals surface area contributed by atoms with Gasteiger partial charge in [-0.15, -0.1) is 5.10 Å². The second-order valence-corrected chi connectivity index (χ2v) is 7.29. The summed E-state index contributed by atoms with van der Waals surface area (Å²) in [4.78, 5) is 27.3. The predicted octanol–water partition coefficient (Wildman–Crippen LogP) is 3.54. The van der Waals surface area contributed by atoms with E-state index in [1.165, 1.54) is 0 Å². The Balaban J connectivity index is 1.62. The third-order valence-corrected chi connectivity index (χ3v) is 5.05. The van der Waals surface area contributed by atoms with Gasteiger partial charge in [0.1, 0.15) is 11.8 Å². The van der Waals surface area contributed by atoms with Crippen molar-refractivity contribution in [1.29, 1.82) is 0 Å². The molecule has 0 bridgehead atoms. The van der Waals surface area contributed by atoms with Crippen LogP contribution in [0.5, 0.6) is 5.75 Å². The third-order valence-electron chi connectivity index (χ3n) is 5.05. The number of aliphatic carboxylic acids is 1. The molecule has 0 radical (unpaired) electrons. The van der Waals surface area contributed by atoms with E-state index >= 15 is 0 Å². The number of aromatic nitrogens is 3. The summed E-state index contributed by atoms with van der Waals surface area (Å²) in [6, 6.07) is 17.3. The first-order valence-electron chi connectivity index (χ1n) is 10.2. The molecule has 0 spiro atoms. The van der Waals surface area contributed by atoms with Gasteiger partial charge in [0.15, 0.2) is 0 Å². The molecule has 9 nitrogen and oxygen atoms in total. The average Bonchev–Trinajstić information content (AvgIpc) is 3.21. The molecule has 1 aromatic heterocycles. The zero-order chi connectivity index (χ0) is 22.5. The Morgan fingerprint density at radius 3 is 2.56 bits per heavy atom. The van der Waals surface area contributed by atoms with Crippen LogP contribution in [-0.2, 0) is 9.59 Å². The van der Waals surface area contributed by atoms with Gasteiger partial charge in [-0.1, -0.05) is 42.5 Å². The summed E-state index contributed by atoms with van der Waals surface area (Å²) in [6.45, 7) is 0. The topological polar surface area (TPSA) is 118 Å². The van der Waals surface area contributed by atoms with Crippen LogP contribution in [-0.4, -0.2) is 38.9 Å². The normalized spacial score (nSPS) is 14.7. The van der Waals surface area contributed by atoms with Gasteiger partial charge < -0.3 is 15.2 Å². The van der Waals surface area contributed by atoms with Gasteiger partial charge in [0.2, 0.25) is 11.9 Å². The predicted molar refractivity (Wildman–Crippen MR) is 119 cm³/mol. The van der Waals surface area contributed by atoms with Crippen molar-refractivity contribution in [3.8, 4) is 5.75 Å². The number of methoxy groups -OCH3 is 1. The van der Waals surface area contributed by atoms with E-state index in [1.54, 1.807) is 11.8 Å². The van der Waals surface area contributed by atoms with E-state index in [9.17, 15) is 9.59 Å². The zero-order valence-corrected chi connectivity index (χ0v) is 17.5. The maximum absolute atomic E-state index is 12.2. The monoisotopic (exact) mass is 433 g/mol. The molecular weight excluding hydrogens is 410 g/mol. The lowest BCUT2D eigenvalue weighted by Gasteiger charge is -2.24. The first-order chi connectivity index (χ1) is 15.5. The number of carbonyl (C=O) groups excluding carboxylic acids is 1. The summed E-state index contributed by atoms with van der Waals surface area (Å²) in [5, 5.41) is 19.2. The number of anilines is 2. The highest BCUT2D eigenvalue weighted by Gasteiger charge is 2.26. The number of hydrogen-bond donors (Lipinski definition) is 3. The fourth-order valence-electron chi connectivity index (χ4n) is 3.46. The summed E-state index contributed by atoms with van der Waals surface area (Å²) in [5.74, 6) is 0.149. The van der Waals surface area contributed by atoms with Gasteiger partial charge in [0.05, 0.1) is 7.11 Å². The molecule has 1 atom stereocenters. The zero-order valence-electron chi connectivity index (χ0n) is 17.5. The molecule has 2 aromatic carbocycles. The van der Waals surface area contributed by atoms with Crippen LogP contribution in [0.1, 0.15) is 36.4 Å². The molecule has 0 saturated carbocycles. The maximum Gasteiger partial charge on any atom is 0.303 e. The molecule has 0 fully saturated rings. The lowest BCUT2D eigenvalue weighted by Crippen LogP contribution is -2.20. The minimum absolute atomic E-state index is 0.0635. The molecule has 3 N–H and O–H groups in total. The Kier molecular flexibility index (Phi) is 6.16. The number of benzene rings is 2. The maximum atomic E-state index is 12.2. The Bertz CT molecular complexity index is 1140. The molecule has 3 aromatic rings. The summed E-state index contributed by atoms with van der Waals surface area (Å²) in [6.07, 6.45) is 2.32. The van der Waals surface area contributed by atoms with Gasteiger partial charge in [-0.25, -0.2) is 4.68 Å². The number of nitrogens with one attached hydrogen (secondary N) is 2. The van der Waals surface area contributed by atoms with E-state index in [-0.39, 0.29) is 37.2 Å². The van der Waals surface area contributed by atoms with Crippen molar-refractivity contribution in [2.45, 2.75) is 25.3 Å². The van der Waals surface area contributed by atoms with Crippen LogP contribution in [0.25, 0.3) is 5.70 Å². The SMILES string of the molecule is COc1ccc([C@@H]2C=C(c3ccccc3)Nc3nc(NC(=O)CCCC(=O)O)nn32)cc1. The number of nitrogens with zero attached hydrogens (tertiary/aromatic N) is 3. The first kappa shape index (κ1) is 21.1. The van der Waals surface area contributed by atoms with Crippen molar-refractivity contribution in [2.24, 2.45) is 0 Å². The van der Waals surface area contributed by atoms with Gasteiger partial charge in [0.25, 0.3) is 5.95 Å². The Hall–Kier alpha value is -4.14. The minimum atomic E-state index is -0.931. The van der Waals surface area contributed by atoms with E-state index in [4.69, 9.17) is 9.84 Å². The number of fused-ring (bicyclic) bond motifs is 1.